The molecule has 3 aromatic rings. The molecule has 1 fully saturated rings. The van der Waals surface area contributed by atoms with Crippen LogP contribution in [0.5, 0.6) is 0 Å². The molecule has 0 spiro atoms. The van der Waals surface area contributed by atoms with Crippen LogP contribution in [0, 0.1) is 0 Å². The van der Waals surface area contributed by atoms with Crippen LogP contribution in [-0.2, 0) is 16.9 Å². The van der Waals surface area contributed by atoms with E-state index in [1.54, 1.807) is 11.3 Å². The van der Waals surface area contributed by atoms with E-state index in [2.05, 4.69) is 27.1 Å². The zero-order chi connectivity index (χ0) is 16.6. The minimum atomic E-state index is -0.209. The molecule has 2 aromatic heterocycles. The third-order valence-corrected chi connectivity index (χ3v) is 5.95. The Morgan fingerprint density at radius 3 is 2.83 bits per heavy atom. The van der Waals surface area contributed by atoms with Crippen molar-refractivity contribution in [3.8, 4) is 0 Å². The lowest BCUT2D eigenvalue weighted by molar-refractivity contribution is -0.175. The van der Waals surface area contributed by atoms with E-state index in [0.717, 1.165) is 23.6 Å². The molecular formula is C18H18ClN3OS. The molecule has 124 valence electrons. The Bertz CT molecular complexity index is 788. The van der Waals surface area contributed by atoms with Crippen molar-refractivity contribution in [2.75, 3.05) is 7.05 Å². The second-order valence-electron chi connectivity index (χ2n) is 6.09. The highest BCUT2D eigenvalue weighted by Gasteiger charge is 2.48. The van der Waals surface area contributed by atoms with Gasteiger partial charge in [0, 0.05) is 42.3 Å². The van der Waals surface area contributed by atoms with Crippen molar-refractivity contribution >= 4 is 22.9 Å². The Morgan fingerprint density at radius 1 is 1.33 bits per heavy atom. The molecule has 1 aromatic carbocycles. The van der Waals surface area contributed by atoms with Gasteiger partial charge in [-0.2, -0.15) is 5.06 Å². The number of thiophene rings is 1. The lowest BCUT2D eigenvalue weighted by Gasteiger charge is -2.33. The third-order valence-electron chi connectivity index (χ3n) is 4.64. The summed E-state index contributed by atoms with van der Waals surface area (Å²) in [5.74, 6) is 0. The number of hydrogen-bond donors (Lipinski definition) is 0. The van der Waals surface area contributed by atoms with E-state index in [-0.39, 0.29) is 11.6 Å². The van der Waals surface area contributed by atoms with Crippen LogP contribution in [0.3, 0.4) is 0 Å². The standard InChI is InChI=1S/C18H18ClN3OS/c1-21-18(17-3-2-10-24-17,12-22-9-8-20-13-22)11-16(23-21)14-4-6-15(19)7-5-14/h2-10,13,16H,11-12H2,1H3/t16-,18+/m0/s1. The Morgan fingerprint density at radius 2 is 2.17 bits per heavy atom. The molecular weight excluding hydrogens is 342 g/mol. The van der Waals surface area contributed by atoms with Gasteiger partial charge in [0.2, 0.25) is 0 Å². The molecule has 4 nitrogen and oxygen atoms in total. The van der Waals surface area contributed by atoms with Gasteiger partial charge in [0.1, 0.15) is 11.6 Å². The van der Waals surface area contributed by atoms with Crippen molar-refractivity contribution in [1.82, 2.24) is 14.6 Å². The molecule has 3 heterocycles. The van der Waals surface area contributed by atoms with E-state index in [1.165, 1.54) is 4.88 Å². The zero-order valence-corrected chi connectivity index (χ0v) is 14.9. The van der Waals surface area contributed by atoms with E-state index in [4.69, 9.17) is 16.4 Å². The maximum Gasteiger partial charge on any atom is 0.107 e. The minimum Gasteiger partial charge on any atom is -0.335 e. The van der Waals surface area contributed by atoms with Gasteiger partial charge in [-0.05, 0) is 29.1 Å². The van der Waals surface area contributed by atoms with E-state index in [1.807, 2.05) is 55.1 Å². The molecule has 1 aliphatic rings. The van der Waals surface area contributed by atoms with Crippen LogP contribution in [0.2, 0.25) is 5.02 Å². The number of hydrogen-bond acceptors (Lipinski definition) is 4. The first kappa shape index (κ1) is 15.8. The molecule has 1 aliphatic heterocycles. The second kappa shape index (κ2) is 6.33. The summed E-state index contributed by atoms with van der Waals surface area (Å²) in [6.07, 6.45) is 6.56. The molecule has 24 heavy (non-hydrogen) atoms. The number of rotatable bonds is 4. The maximum absolute atomic E-state index is 6.24. The van der Waals surface area contributed by atoms with Gasteiger partial charge in [-0.25, -0.2) is 4.98 Å². The summed E-state index contributed by atoms with van der Waals surface area (Å²) in [7, 11) is 2.02. The predicted molar refractivity (Wildman–Crippen MR) is 95.9 cm³/mol. The third kappa shape index (κ3) is 2.78. The predicted octanol–water partition coefficient (Wildman–Crippen LogP) is 4.50. The molecule has 0 saturated carbocycles. The highest BCUT2D eigenvalue weighted by molar-refractivity contribution is 7.10. The van der Waals surface area contributed by atoms with Crippen molar-refractivity contribution in [1.29, 1.82) is 0 Å². The van der Waals surface area contributed by atoms with Crippen molar-refractivity contribution in [2.45, 2.75) is 24.6 Å². The Kier molecular flexibility index (Phi) is 4.18. The Balaban J connectivity index is 1.69. The van der Waals surface area contributed by atoms with Gasteiger partial charge in [0.25, 0.3) is 0 Å². The van der Waals surface area contributed by atoms with E-state index in [9.17, 15) is 0 Å². The van der Waals surface area contributed by atoms with Crippen LogP contribution in [0.4, 0.5) is 0 Å². The van der Waals surface area contributed by atoms with E-state index >= 15 is 0 Å². The fourth-order valence-electron chi connectivity index (χ4n) is 3.34. The van der Waals surface area contributed by atoms with Gasteiger partial charge in [-0.15, -0.1) is 11.3 Å². The average Bonchev–Trinajstić information content (AvgIpc) is 3.31. The lowest BCUT2D eigenvalue weighted by Crippen LogP contribution is -2.40. The van der Waals surface area contributed by atoms with Gasteiger partial charge in [0.15, 0.2) is 0 Å². The summed E-state index contributed by atoms with van der Waals surface area (Å²) >= 11 is 7.79. The largest absolute Gasteiger partial charge is 0.335 e. The van der Waals surface area contributed by atoms with Crippen LogP contribution in [-0.4, -0.2) is 21.7 Å². The van der Waals surface area contributed by atoms with Gasteiger partial charge in [-0.1, -0.05) is 29.8 Å². The summed E-state index contributed by atoms with van der Waals surface area (Å²) in [6.45, 7) is 0.800. The van der Waals surface area contributed by atoms with Crippen molar-refractivity contribution in [2.24, 2.45) is 0 Å². The van der Waals surface area contributed by atoms with Gasteiger partial charge < -0.3 is 4.57 Å². The molecule has 0 unspecified atom stereocenters. The van der Waals surface area contributed by atoms with Gasteiger partial charge in [-0.3, -0.25) is 4.84 Å². The smallest absolute Gasteiger partial charge is 0.107 e. The molecule has 4 rings (SSSR count). The van der Waals surface area contributed by atoms with Crippen LogP contribution in [0.15, 0.2) is 60.5 Å². The summed E-state index contributed by atoms with van der Waals surface area (Å²) in [5.41, 5.74) is 0.939. The Hall–Kier alpha value is -1.66. The Labute approximate surface area is 150 Å². The summed E-state index contributed by atoms with van der Waals surface area (Å²) in [6, 6.07) is 12.2. The first-order valence-electron chi connectivity index (χ1n) is 7.83. The van der Waals surface area contributed by atoms with Crippen LogP contribution < -0.4 is 0 Å². The van der Waals surface area contributed by atoms with E-state index < -0.39 is 0 Å². The second-order valence-corrected chi connectivity index (χ2v) is 7.48. The fourth-order valence-corrected chi connectivity index (χ4v) is 4.43. The molecule has 0 amide bonds. The number of aromatic nitrogens is 2. The molecule has 6 heteroatoms. The minimum absolute atomic E-state index is 0.0119. The molecule has 0 N–H and O–H groups in total. The number of nitrogens with zero attached hydrogens (tertiary/aromatic N) is 3. The number of likely N-dealkylation sites (N-methyl/N-ethyl adjacent to an activating group) is 1. The number of benzene rings is 1. The van der Waals surface area contributed by atoms with Crippen molar-refractivity contribution in [3.05, 3.63) is 76.0 Å². The molecule has 0 bridgehead atoms. The normalized spacial score (nSPS) is 24.5. The monoisotopic (exact) mass is 359 g/mol. The molecule has 0 aliphatic carbocycles. The average molecular weight is 360 g/mol. The first-order valence-corrected chi connectivity index (χ1v) is 9.09. The summed E-state index contributed by atoms with van der Waals surface area (Å²) in [4.78, 5) is 11.7. The summed E-state index contributed by atoms with van der Waals surface area (Å²) in [5, 5.41) is 4.88. The van der Waals surface area contributed by atoms with E-state index in [0.29, 0.717) is 0 Å². The first-order chi connectivity index (χ1) is 11.7. The lowest BCUT2D eigenvalue weighted by atomic mass is 9.89. The highest BCUT2D eigenvalue weighted by Crippen LogP contribution is 2.48. The number of hydroxylamine groups is 2. The molecule has 2 atom stereocenters. The molecule has 1 saturated heterocycles. The van der Waals surface area contributed by atoms with Crippen LogP contribution in [0.25, 0.3) is 0 Å². The maximum atomic E-state index is 6.24. The summed E-state index contributed by atoms with van der Waals surface area (Å²) < 4.78 is 2.11. The zero-order valence-electron chi connectivity index (χ0n) is 13.3. The van der Waals surface area contributed by atoms with Gasteiger partial charge in [0.05, 0.1) is 6.33 Å². The van der Waals surface area contributed by atoms with Crippen LogP contribution in [0.1, 0.15) is 23.0 Å². The number of halogens is 1. The van der Waals surface area contributed by atoms with Crippen LogP contribution >= 0.6 is 22.9 Å². The topological polar surface area (TPSA) is 30.3 Å². The quantitative estimate of drug-likeness (QED) is 0.687. The van der Waals surface area contributed by atoms with Gasteiger partial charge >= 0.3 is 0 Å². The fraction of sp³-hybridized carbons (Fsp3) is 0.278. The number of imidazole rings is 1. The molecule has 0 radical (unpaired) electrons. The van der Waals surface area contributed by atoms with Crippen molar-refractivity contribution in [3.63, 3.8) is 0 Å². The van der Waals surface area contributed by atoms with Crippen molar-refractivity contribution < 1.29 is 4.84 Å². The highest BCUT2D eigenvalue weighted by atomic mass is 35.5. The SMILES string of the molecule is CN1O[C@H](c2ccc(Cl)cc2)C[C@@]1(Cn1ccnc1)c1cccs1.